The molecule has 164 valence electrons. The van der Waals surface area contributed by atoms with Crippen LogP contribution < -0.4 is 19.6 Å². The molecule has 0 amide bonds. The van der Waals surface area contributed by atoms with E-state index in [1.54, 1.807) is 36.9 Å². The number of hydrogen-bond acceptors (Lipinski definition) is 7. The molecule has 0 spiro atoms. The van der Waals surface area contributed by atoms with E-state index in [0.29, 0.717) is 27.2 Å². The van der Waals surface area contributed by atoms with Crippen LogP contribution in [-0.4, -0.2) is 28.7 Å². The fraction of sp³-hybridized carbons (Fsp3) is 0.250. The number of thiazole rings is 1. The van der Waals surface area contributed by atoms with Crippen LogP contribution in [0.25, 0.3) is 6.08 Å². The molecule has 7 nitrogen and oxygen atoms in total. The van der Waals surface area contributed by atoms with Crippen molar-refractivity contribution in [3.8, 4) is 5.75 Å². The fourth-order valence-corrected chi connectivity index (χ4v) is 4.68. The highest BCUT2D eigenvalue weighted by atomic mass is 32.1. The Labute approximate surface area is 189 Å². The van der Waals surface area contributed by atoms with Crippen LogP contribution in [0.3, 0.4) is 0 Å². The highest BCUT2D eigenvalue weighted by Crippen LogP contribution is 2.31. The second kappa shape index (κ2) is 9.32. The van der Waals surface area contributed by atoms with Crippen molar-refractivity contribution in [1.29, 1.82) is 0 Å². The van der Waals surface area contributed by atoms with E-state index in [2.05, 4.69) is 9.98 Å². The van der Waals surface area contributed by atoms with Gasteiger partial charge in [0.2, 0.25) is 0 Å². The Balaban J connectivity index is 1.92. The van der Waals surface area contributed by atoms with Gasteiger partial charge in [-0.15, -0.1) is 0 Å². The van der Waals surface area contributed by atoms with Crippen molar-refractivity contribution in [2.75, 3.05) is 13.2 Å². The summed E-state index contributed by atoms with van der Waals surface area (Å²) in [5.41, 5.74) is 2.27. The average Bonchev–Trinajstić information content (AvgIpc) is 3.09. The molecule has 0 fully saturated rings. The number of carbonyl (C=O) groups excluding carboxylic acids is 1. The first kappa shape index (κ1) is 21.7. The zero-order valence-corrected chi connectivity index (χ0v) is 18.9. The lowest BCUT2D eigenvalue weighted by atomic mass is 9.96. The summed E-state index contributed by atoms with van der Waals surface area (Å²) in [5.74, 6) is 0.243. The van der Waals surface area contributed by atoms with Crippen molar-refractivity contribution < 1.29 is 14.3 Å². The molecule has 3 aromatic rings. The van der Waals surface area contributed by atoms with Crippen molar-refractivity contribution in [1.82, 2.24) is 9.55 Å². The highest BCUT2D eigenvalue weighted by molar-refractivity contribution is 7.07. The predicted molar refractivity (Wildman–Crippen MR) is 122 cm³/mol. The van der Waals surface area contributed by atoms with Gasteiger partial charge in [0.1, 0.15) is 5.75 Å². The molecule has 1 aliphatic rings. The number of nitrogens with zero attached hydrogens (tertiary/aromatic N) is 3. The fourth-order valence-electron chi connectivity index (χ4n) is 3.63. The normalized spacial score (nSPS) is 15.8. The molecule has 1 aliphatic heterocycles. The number of esters is 1. The first-order valence-corrected chi connectivity index (χ1v) is 11.2. The second-order valence-electron chi connectivity index (χ2n) is 7.09. The molecule has 0 N–H and O–H groups in total. The van der Waals surface area contributed by atoms with Gasteiger partial charge in [-0.05, 0) is 56.2 Å². The Bertz CT molecular complexity index is 1340. The lowest BCUT2D eigenvalue weighted by Gasteiger charge is -2.24. The smallest absolute Gasteiger partial charge is 0.338 e. The molecule has 1 atom stereocenters. The maximum Gasteiger partial charge on any atom is 0.338 e. The van der Waals surface area contributed by atoms with Crippen LogP contribution in [0.4, 0.5) is 0 Å². The van der Waals surface area contributed by atoms with Crippen LogP contribution in [0.15, 0.2) is 69.8 Å². The maximum atomic E-state index is 13.5. The van der Waals surface area contributed by atoms with Gasteiger partial charge < -0.3 is 9.47 Å². The van der Waals surface area contributed by atoms with E-state index in [1.807, 2.05) is 43.3 Å². The topological polar surface area (TPSA) is 82.8 Å². The molecule has 0 saturated heterocycles. The summed E-state index contributed by atoms with van der Waals surface area (Å²) in [5, 5.41) is 0. The number of allylic oxidation sites excluding steroid dienone is 1. The standard InChI is InChI=1S/C24H23N3O4S/c1-4-30-18-10-8-17(9-11-18)21-20(23(29)31-5-2)15(3)26-24-27(21)22(28)19(32-24)13-16-7-6-12-25-14-16/h6-14,21H,4-5H2,1-3H3/t21-/m1/s1. The van der Waals surface area contributed by atoms with Crippen LogP contribution in [0.5, 0.6) is 5.75 Å². The molecule has 2 aromatic heterocycles. The molecular weight excluding hydrogens is 426 g/mol. The summed E-state index contributed by atoms with van der Waals surface area (Å²) < 4.78 is 13.0. The van der Waals surface area contributed by atoms with Crippen LogP contribution in [-0.2, 0) is 9.53 Å². The van der Waals surface area contributed by atoms with Gasteiger partial charge in [0, 0.05) is 12.4 Å². The van der Waals surface area contributed by atoms with E-state index in [1.165, 1.54) is 11.3 Å². The van der Waals surface area contributed by atoms with E-state index in [9.17, 15) is 9.59 Å². The van der Waals surface area contributed by atoms with Crippen molar-refractivity contribution in [2.24, 2.45) is 4.99 Å². The molecule has 4 rings (SSSR count). The zero-order chi connectivity index (χ0) is 22.7. The van der Waals surface area contributed by atoms with Crippen LogP contribution in [0.2, 0.25) is 0 Å². The van der Waals surface area contributed by atoms with E-state index in [-0.39, 0.29) is 12.2 Å². The van der Waals surface area contributed by atoms with E-state index in [4.69, 9.17) is 9.47 Å². The Morgan fingerprint density at radius 2 is 1.97 bits per heavy atom. The number of pyridine rings is 1. The molecule has 0 radical (unpaired) electrons. The Hall–Kier alpha value is -3.52. The minimum Gasteiger partial charge on any atom is -0.494 e. The third-order valence-electron chi connectivity index (χ3n) is 5.01. The monoisotopic (exact) mass is 449 g/mol. The van der Waals surface area contributed by atoms with E-state index in [0.717, 1.165) is 16.9 Å². The maximum absolute atomic E-state index is 13.5. The van der Waals surface area contributed by atoms with Crippen molar-refractivity contribution in [3.63, 3.8) is 0 Å². The number of ether oxygens (including phenoxy) is 2. The Kier molecular flexibility index (Phi) is 6.32. The van der Waals surface area contributed by atoms with Gasteiger partial charge in [0.05, 0.1) is 35.1 Å². The van der Waals surface area contributed by atoms with Crippen LogP contribution in [0, 0.1) is 0 Å². The predicted octanol–water partition coefficient (Wildman–Crippen LogP) is 2.59. The zero-order valence-electron chi connectivity index (χ0n) is 18.1. The second-order valence-corrected chi connectivity index (χ2v) is 8.10. The molecule has 0 bridgehead atoms. The third-order valence-corrected chi connectivity index (χ3v) is 5.99. The summed E-state index contributed by atoms with van der Waals surface area (Å²) >= 11 is 1.29. The minimum absolute atomic E-state index is 0.217. The number of benzene rings is 1. The van der Waals surface area contributed by atoms with Crippen molar-refractivity contribution in [3.05, 3.63) is 90.9 Å². The SMILES string of the molecule is CCOC(=O)C1=C(C)N=c2sc(=Cc3cccnc3)c(=O)n2[C@@H]1c1ccc(OCC)cc1. The quantitative estimate of drug-likeness (QED) is 0.540. The van der Waals surface area contributed by atoms with Gasteiger partial charge in [-0.2, -0.15) is 0 Å². The lowest BCUT2D eigenvalue weighted by molar-refractivity contribution is -0.139. The molecule has 1 aromatic carbocycles. The highest BCUT2D eigenvalue weighted by Gasteiger charge is 2.33. The summed E-state index contributed by atoms with van der Waals surface area (Å²) in [6.45, 7) is 6.22. The number of carbonyl (C=O) groups is 1. The van der Waals surface area contributed by atoms with Crippen molar-refractivity contribution >= 4 is 23.4 Å². The first-order chi connectivity index (χ1) is 15.5. The third kappa shape index (κ3) is 4.13. The number of rotatable bonds is 6. The van der Waals surface area contributed by atoms with Gasteiger partial charge in [-0.3, -0.25) is 14.3 Å². The summed E-state index contributed by atoms with van der Waals surface area (Å²) in [7, 11) is 0. The van der Waals surface area contributed by atoms with Gasteiger partial charge in [-0.1, -0.05) is 29.5 Å². The lowest BCUT2D eigenvalue weighted by Crippen LogP contribution is -2.39. The van der Waals surface area contributed by atoms with Crippen LogP contribution in [0.1, 0.15) is 37.9 Å². The molecule has 0 unspecified atom stereocenters. The Morgan fingerprint density at radius 3 is 2.62 bits per heavy atom. The number of fused-ring (bicyclic) bond motifs is 1. The number of aromatic nitrogens is 2. The van der Waals surface area contributed by atoms with Gasteiger partial charge >= 0.3 is 5.97 Å². The van der Waals surface area contributed by atoms with Gasteiger partial charge in [0.25, 0.3) is 5.56 Å². The van der Waals surface area contributed by atoms with Gasteiger partial charge in [0.15, 0.2) is 4.80 Å². The molecule has 0 saturated carbocycles. The molecule has 8 heteroatoms. The largest absolute Gasteiger partial charge is 0.494 e. The molecule has 3 heterocycles. The van der Waals surface area contributed by atoms with E-state index < -0.39 is 12.0 Å². The summed E-state index contributed by atoms with van der Waals surface area (Å²) in [4.78, 5) is 35.6. The summed E-state index contributed by atoms with van der Waals surface area (Å²) in [6.07, 6.45) is 5.16. The van der Waals surface area contributed by atoms with E-state index >= 15 is 0 Å². The molecule has 32 heavy (non-hydrogen) atoms. The summed E-state index contributed by atoms with van der Waals surface area (Å²) in [6, 6.07) is 10.5. The average molecular weight is 450 g/mol. The minimum atomic E-state index is -0.642. The van der Waals surface area contributed by atoms with Gasteiger partial charge in [-0.25, -0.2) is 9.79 Å². The number of hydrogen-bond donors (Lipinski definition) is 0. The first-order valence-electron chi connectivity index (χ1n) is 10.4. The van der Waals surface area contributed by atoms with Crippen LogP contribution >= 0.6 is 11.3 Å². The molecular formula is C24H23N3O4S. The van der Waals surface area contributed by atoms with Crippen molar-refractivity contribution in [2.45, 2.75) is 26.8 Å². The Morgan fingerprint density at radius 1 is 1.19 bits per heavy atom. The molecule has 0 aliphatic carbocycles.